The van der Waals surface area contributed by atoms with Crippen LogP contribution in [0, 0.1) is 23.2 Å². The third-order valence-corrected chi connectivity index (χ3v) is 10.8. The summed E-state index contributed by atoms with van der Waals surface area (Å²) in [5.41, 5.74) is 0.197. The summed E-state index contributed by atoms with van der Waals surface area (Å²) in [6.45, 7) is 6.66. The van der Waals surface area contributed by atoms with Gasteiger partial charge in [-0.25, -0.2) is 13.1 Å². The molecule has 1 amide bonds. The van der Waals surface area contributed by atoms with Gasteiger partial charge >= 0.3 is 0 Å². The smallest absolute Gasteiger partial charge is 0.287 e. The number of nitrogens with one attached hydrogen (secondary N) is 2. The Labute approximate surface area is 216 Å². The Bertz CT molecular complexity index is 1390. The van der Waals surface area contributed by atoms with Crippen LogP contribution in [0.2, 0.25) is 0 Å². The molecule has 2 aliphatic heterocycles. The standard InChI is InChI=1S/C23H32N4O6S3/c1-23(2,3)7-8-27-17-13-6-5-12(9-13)15(17)18(28)16(22(27)29)20-25-21-19(36(32,33)26-20)14(11-34-21)10-24-35(4,30)31/h11-13,15,17,24,28H,5-10H2,1-4H3,(H,25,26)/t12-,13+,15+,17-/m0/s1. The average molecular weight is 557 g/mol. The van der Waals surface area contributed by atoms with E-state index < -0.39 is 26.0 Å². The van der Waals surface area contributed by atoms with Crippen LogP contribution in [-0.2, 0) is 31.4 Å². The molecule has 0 spiro atoms. The number of carbonyl (C=O) groups is 1. The first-order valence-electron chi connectivity index (χ1n) is 12.1. The fraction of sp³-hybridized carbons (Fsp3) is 0.652. The van der Waals surface area contributed by atoms with Crippen LogP contribution in [-0.4, -0.2) is 57.4 Å². The van der Waals surface area contributed by atoms with Crippen LogP contribution in [0.25, 0.3) is 0 Å². The lowest BCUT2D eigenvalue weighted by atomic mass is 9.77. The van der Waals surface area contributed by atoms with E-state index in [9.17, 15) is 26.7 Å². The van der Waals surface area contributed by atoms with Crippen molar-refractivity contribution in [3.8, 4) is 0 Å². The van der Waals surface area contributed by atoms with E-state index in [2.05, 4.69) is 35.2 Å². The summed E-state index contributed by atoms with van der Waals surface area (Å²) in [6, 6.07) is -0.0749. The number of amidine groups is 1. The summed E-state index contributed by atoms with van der Waals surface area (Å²) in [4.78, 5) is 15.6. The molecule has 0 saturated heterocycles. The second kappa shape index (κ2) is 8.53. The molecule has 2 saturated carbocycles. The molecule has 13 heteroatoms. The van der Waals surface area contributed by atoms with Gasteiger partial charge in [-0.1, -0.05) is 20.8 Å². The molecular formula is C23H32N4O6S3. The number of aliphatic hydroxyl groups is 1. The van der Waals surface area contributed by atoms with Gasteiger partial charge in [0.2, 0.25) is 10.0 Å². The minimum atomic E-state index is -4.24. The summed E-state index contributed by atoms with van der Waals surface area (Å²) in [5, 5.41) is 16.1. The molecule has 0 aromatic carbocycles. The Morgan fingerprint density at radius 1 is 1.28 bits per heavy atom. The third-order valence-electron chi connectivity index (χ3n) is 7.66. The van der Waals surface area contributed by atoms with Crippen molar-refractivity contribution >= 4 is 48.1 Å². The van der Waals surface area contributed by atoms with Gasteiger partial charge in [0.25, 0.3) is 15.9 Å². The van der Waals surface area contributed by atoms with Crippen molar-refractivity contribution < 1.29 is 26.7 Å². The molecule has 0 unspecified atom stereocenters. The summed E-state index contributed by atoms with van der Waals surface area (Å²) in [5.74, 6) is -0.256. The number of nitrogens with zero attached hydrogens (tertiary/aromatic N) is 2. The van der Waals surface area contributed by atoms with E-state index in [0.717, 1.165) is 43.3 Å². The van der Waals surface area contributed by atoms with Crippen molar-refractivity contribution in [2.45, 2.75) is 63.9 Å². The number of aliphatic hydroxyl groups excluding tert-OH is 1. The maximum Gasteiger partial charge on any atom is 0.287 e. The number of thiophene rings is 1. The quantitative estimate of drug-likeness (QED) is 0.488. The Morgan fingerprint density at radius 3 is 2.64 bits per heavy atom. The summed E-state index contributed by atoms with van der Waals surface area (Å²) in [7, 11) is -7.77. The summed E-state index contributed by atoms with van der Waals surface area (Å²) >= 11 is 1.09. The third kappa shape index (κ3) is 4.48. The number of rotatable bonds is 6. The monoisotopic (exact) mass is 556 g/mol. The number of sulfonamides is 2. The Balaban J connectivity index is 1.53. The minimum absolute atomic E-state index is 0.00296. The van der Waals surface area contributed by atoms with Crippen molar-refractivity contribution in [1.82, 2.24) is 9.62 Å². The van der Waals surface area contributed by atoms with Gasteiger partial charge in [-0.15, -0.1) is 15.7 Å². The fourth-order valence-electron chi connectivity index (χ4n) is 6.07. The first-order valence-corrected chi connectivity index (χ1v) is 16.3. The zero-order valence-corrected chi connectivity index (χ0v) is 23.2. The lowest BCUT2D eigenvalue weighted by molar-refractivity contribution is -0.133. The van der Waals surface area contributed by atoms with E-state index in [1.807, 2.05) is 4.90 Å². The molecule has 1 aromatic heterocycles. The molecule has 5 rings (SSSR count). The lowest BCUT2D eigenvalue weighted by Gasteiger charge is -2.44. The Morgan fingerprint density at radius 2 is 1.97 bits per heavy atom. The van der Waals surface area contributed by atoms with Crippen LogP contribution in [0.5, 0.6) is 0 Å². The number of fused-ring (bicyclic) bond motifs is 6. The molecule has 3 N–H and O–H groups in total. The Hall–Kier alpha value is -1.96. The van der Waals surface area contributed by atoms with Gasteiger partial charge in [0.05, 0.1) is 6.26 Å². The lowest BCUT2D eigenvalue weighted by Crippen LogP contribution is -2.54. The topological polar surface area (TPSA) is 145 Å². The van der Waals surface area contributed by atoms with Crippen molar-refractivity contribution in [3.05, 3.63) is 22.3 Å². The maximum atomic E-state index is 13.8. The number of carbonyl (C=O) groups excluding carboxylic acids is 1. The average Bonchev–Trinajstić information content (AvgIpc) is 3.45. The molecule has 10 nitrogen and oxygen atoms in total. The highest BCUT2D eigenvalue weighted by Gasteiger charge is 2.57. The van der Waals surface area contributed by atoms with E-state index in [1.54, 1.807) is 5.38 Å². The molecule has 2 aliphatic carbocycles. The van der Waals surface area contributed by atoms with Crippen LogP contribution >= 0.6 is 11.3 Å². The van der Waals surface area contributed by atoms with E-state index in [0.29, 0.717) is 12.5 Å². The van der Waals surface area contributed by atoms with Gasteiger partial charge in [-0.2, -0.15) is 8.42 Å². The molecule has 1 aromatic rings. The fourth-order valence-corrected chi connectivity index (χ4v) is 9.09. The number of anilines is 1. The van der Waals surface area contributed by atoms with Crippen molar-refractivity contribution in [1.29, 1.82) is 0 Å². The van der Waals surface area contributed by atoms with E-state index in [1.165, 1.54) is 0 Å². The van der Waals surface area contributed by atoms with Crippen molar-refractivity contribution in [2.24, 2.45) is 27.6 Å². The van der Waals surface area contributed by atoms with Gasteiger partial charge in [0.1, 0.15) is 21.2 Å². The minimum Gasteiger partial charge on any atom is -0.511 e. The molecular weight excluding hydrogens is 524 g/mol. The molecule has 36 heavy (non-hydrogen) atoms. The van der Waals surface area contributed by atoms with Crippen LogP contribution in [0.4, 0.5) is 5.00 Å². The van der Waals surface area contributed by atoms with Crippen molar-refractivity contribution in [3.63, 3.8) is 0 Å². The second-order valence-corrected chi connectivity index (χ2v) is 15.7. The van der Waals surface area contributed by atoms with Crippen LogP contribution in [0.1, 0.15) is 52.0 Å². The zero-order chi connectivity index (χ0) is 26.2. The van der Waals surface area contributed by atoms with Crippen LogP contribution in [0.15, 0.2) is 26.0 Å². The molecule has 4 atom stereocenters. The zero-order valence-electron chi connectivity index (χ0n) is 20.7. The number of hydrogen-bond donors (Lipinski definition) is 3. The molecule has 2 fully saturated rings. The van der Waals surface area contributed by atoms with E-state index in [4.69, 9.17) is 0 Å². The molecule has 0 radical (unpaired) electrons. The SMILES string of the molecule is CC(C)(C)CCN1C(=O)C(C2=NS(=O)(=O)c3c(CNS(C)(=O)=O)csc3N2)=C(O)[C@@H]2[C@H]3CC[C@H](C3)[C@@H]21. The highest BCUT2D eigenvalue weighted by atomic mass is 32.2. The van der Waals surface area contributed by atoms with Gasteiger partial charge in [0, 0.05) is 30.6 Å². The summed E-state index contributed by atoms with van der Waals surface area (Å²) < 4.78 is 55.6. The summed E-state index contributed by atoms with van der Waals surface area (Å²) in [6.07, 6.45) is 4.74. The van der Waals surface area contributed by atoms with Crippen molar-refractivity contribution in [2.75, 3.05) is 18.1 Å². The van der Waals surface area contributed by atoms with Gasteiger partial charge in [0.15, 0.2) is 5.84 Å². The largest absolute Gasteiger partial charge is 0.511 e. The molecule has 4 aliphatic rings. The predicted molar refractivity (Wildman–Crippen MR) is 138 cm³/mol. The van der Waals surface area contributed by atoms with E-state index in [-0.39, 0.29) is 62.5 Å². The normalized spacial score (nSPS) is 29.2. The van der Waals surface area contributed by atoms with Gasteiger partial charge in [-0.05, 0) is 48.3 Å². The highest BCUT2D eigenvalue weighted by Crippen LogP contribution is 2.55. The number of hydrogen-bond acceptors (Lipinski definition) is 8. The van der Waals surface area contributed by atoms with Crippen LogP contribution < -0.4 is 10.0 Å². The van der Waals surface area contributed by atoms with Crippen LogP contribution in [0.3, 0.4) is 0 Å². The molecule has 198 valence electrons. The molecule has 3 heterocycles. The van der Waals surface area contributed by atoms with E-state index >= 15 is 0 Å². The Kier molecular flexibility index (Phi) is 6.09. The molecule has 2 bridgehead atoms. The van der Waals surface area contributed by atoms with Gasteiger partial charge in [-0.3, -0.25) is 4.79 Å². The maximum absolute atomic E-state index is 13.8. The first-order chi connectivity index (χ1) is 16.7. The second-order valence-electron chi connectivity index (χ2n) is 11.5. The number of amides is 1. The predicted octanol–water partition coefficient (Wildman–Crippen LogP) is 2.82. The highest BCUT2D eigenvalue weighted by molar-refractivity contribution is 7.91. The van der Waals surface area contributed by atoms with Gasteiger partial charge < -0.3 is 15.3 Å². The first kappa shape index (κ1) is 25.7.